The van der Waals surface area contributed by atoms with Gasteiger partial charge in [-0.1, -0.05) is 24.3 Å². The Balaban J connectivity index is 1.31. The number of pyridine rings is 1. The molecule has 1 aromatic heterocycles. The number of nitrogens with one attached hydrogen (secondary N) is 2. The number of rotatable bonds is 10. The number of para-hydroxylation sites is 1. The fraction of sp³-hybridized carbons (Fsp3) is 0.321. The number of hydrogen-bond acceptors (Lipinski definition) is 5. The molecule has 4 rings (SSSR count). The van der Waals surface area contributed by atoms with E-state index >= 15 is 0 Å². The van der Waals surface area contributed by atoms with Gasteiger partial charge in [0.15, 0.2) is 5.78 Å². The normalized spacial score (nSPS) is 17.4. The maximum Gasteiger partial charge on any atom is 0.418 e. The zero-order valence-electron chi connectivity index (χ0n) is 20.2. The third-order valence-electron chi connectivity index (χ3n) is 6.56. The largest absolute Gasteiger partial charge is 0.418 e. The minimum atomic E-state index is -4.46. The van der Waals surface area contributed by atoms with E-state index < -0.39 is 17.2 Å². The van der Waals surface area contributed by atoms with Crippen molar-refractivity contribution in [2.24, 2.45) is 5.41 Å². The molecule has 2 heterocycles. The number of hydrogen-bond donors (Lipinski definition) is 2. The van der Waals surface area contributed by atoms with Gasteiger partial charge in [0.1, 0.15) is 0 Å². The molecule has 1 aliphatic heterocycles. The molecule has 1 atom stereocenters. The molecule has 1 fully saturated rings. The second kappa shape index (κ2) is 11.6. The highest BCUT2D eigenvalue weighted by molar-refractivity contribution is 5.95. The number of halogens is 3. The summed E-state index contributed by atoms with van der Waals surface area (Å²) >= 11 is 0. The van der Waals surface area contributed by atoms with Crippen LogP contribution in [0.2, 0.25) is 0 Å². The molecule has 3 aromatic rings. The zero-order chi connectivity index (χ0) is 26.3. The number of benzene rings is 2. The highest BCUT2D eigenvalue weighted by Crippen LogP contribution is 2.36. The van der Waals surface area contributed by atoms with E-state index in [1.54, 1.807) is 54.9 Å². The summed E-state index contributed by atoms with van der Waals surface area (Å²) in [6, 6.07) is 15.5. The van der Waals surface area contributed by atoms with Gasteiger partial charge >= 0.3 is 6.18 Å². The number of nitrogens with zero attached hydrogens (tertiary/aromatic N) is 1. The van der Waals surface area contributed by atoms with Crippen molar-refractivity contribution >= 4 is 23.1 Å². The van der Waals surface area contributed by atoms with Crippen LogP contribution in [0.25, 0.3) is 0 Å². The Bertz CT molecular complexity index is 1210. The van der Waals surface area contributed by atoms with Gasteiger partial charge in [-0.25, -0.2) is 0 Å². The van der Waals surface area contributed by atoms with Crippen LogP contribution in [-0.2, 0) is 22.3 Å². The number of ketones is 1. The van der Waals surface area contributed by atoms with E-state index in [9.17, 15) is 22.8 Å². The molecule has 2 aromatic carbocycles. The lowest BCUT2D eigenvalue weighted by atomic mass is 9.80. The highest BCUT2D eigenvalue weighted by Gasteiger charge is 2.41. The van der Waals surface area contributed by atoms with E-state index in [1.165, 1.54) is 12.1 Å². The van der Waals surface area contributed by atoms with Crippen molar-refractivity contribution in [1.82, 2.24) is 10.3 Å². The van der Waals surface area contributed by atoms with Crippen molar-refractivity contribution in [3.63, 3.8) is 0 Å². The second-order valence-corrected chi connectivity index (χ2v) is 9.14. The molecule has 9 heteroatoms. The first-order valence-electron chi connectivity index (χ1n) is 12.1. The van der Waals surface area contributed by atoms with Crippen LogP contribution in [0.4, 0.5) is 24.5 Å². The van der Waals surface area contributed by atoms with Crippen LogP contribution in [0.1, 0.15) is 47.2 Å². The van der Waals surface area contributed by atoms with Crippen LogP contribution in [0.3, 0.4) is 0 Å². The monoisotopic (exact) mass is 511 g/mol. The highest BCUT2D eigenvalue weighted by atomic mass is 19.4. The summed E-state index contributed by atoms with van der Waals surface area (Å²) in [6.07, 6.45) is 0.734. The third-order valence-corrected chi connectivity index (χ3v) is 6.56. The minimum Gasteiger partial charge on any atom is -0.380 e. The van der Waals surface area contributed by atoms with Gasteiger partial charge in [-0.05, 0) is 61.2 Å². The van der Waals surface area contributed by atoms with Gasteiger partial charge in [-0.15, -0.1) is 0 Å². The molecule has 0 spiro atoms. The van der Waals surface area contributed by atoms with Crippen molar-refractivity contribution < 1.29 is 27.5 Å². The number of carbonyl (C=O) groups excluding carboxylic acids is 2. The Morgan fingerprint density at radius 1 is 1.00 bits per heavy atom. The van der Waals surface area contributed by atoms with E-state index in [4.69, 9.17) is 4.74 Å². The molecule has 6 nitrogen and oxygen atoms in total. The summed E-state index contributed by atoms with van der Waals surface area (Å²) in [6.45, 7) is 1.07. The second-order valence-electron chi connectivity index (χ2n) is 9.14. The van der Waals surface area contributed by atoms with Crippen molar-refractivity contribution in [3.05, 3.63) is 89.7 Å². The average molecular weight is 512 g/mol. The topological polar surface area (TPSA) is 80.3 Å². The van der Waals surface area contributed by atoms with E-state index in [1.807, 2.05) is 0 Å². The maximum absolute atomic E-state index is 13.2. The Hall–Kier alpha value is -3.72. The smallest absolute Gasteiger partial charge is 0.380 e. The Labute approximate surface area is 213 Å². The number of ether oxygens (including phenoxy) is 1. The number of carbonyl (C=O) groups is 2. The molecule has 1 amide bonds. The number of anilines is 2. The van der Waals surface area contributed by atoms with E-state index in [-0.39, 0.29) is 23.9 Å². The molecule has 1 aliphatic rings. The summed E-state index contributed by atoms with van der Waals surface area (Å²) in [7, 11) is 0. The van der Waals surface area contributed by atoms with Crippen LogP contribution in [0.15, 0.2) is 73.1 Å². The van der Waals surface area contributed by atoms with Gasteiger partial charge in [-0.3, -0.25) is 14.6 Å². The molecular formula is C28H28F3N3O3. The molecule has 0 bridgehead atoms. The van der Waals surface area contributed by atoms with E-state index in [0.717, 1.165) is 11.6 Å². The fourth-order valence-electron chi connectivity index (χ4n) is 4.44. The fourth-order valence-corrected chi connectivity index (χ4v) is 4.44. The summed E-state index contributed by atoms with van der Waals surface area (Å²) in [5.41, 5.74) is 0.480. The molecule has 1 saturated heterocycles. The average Bonchev–Trinajstić information content (AvgIpc) is 3.38. The minimum absolute atomic E-state index is 0.0171. The summed E-state index contributed by atoms with van der Waals surface area (Å²) in [5, 5.41) is 5.78. The molecule has 194 valence electrons. The quantitative estimate of drug-likeness (QED) is 0.330. The first-order valence-corrected chi connectivity index (χ1v) is 12.1. The molecule has 0 saturated carbocycles. The van der Waals surface area contributed by atoms with Crippen LogP contribution < -0.4 is 10.6 Å². The van der Waals surface area contributed by atoms with Gasteiger partial charge in [0, 0.05) is 43.2 Å². The van der Waals surface area contributed by atoms with Gasteiger partial charge in [-0.2, -0.15) is 13.2 Å². The predicted octanol–water partition coefficient (Wildman–Crippen LogP) is 5.92. The van der Waals surface area contributed by atoms with Crippen LogP contribution in [0.5, 0.6) is 0 Å². The number of amides is 1. The standard InChI is InChI=1S/C28H28F3N3O3/c29-28(30,31)23-4-1-2-5-24(23)34-22-9-7-20(8-10-22)18-33-26(36)27(14-17-37-19-27)13-3-6-25(35)21-11-15-32-16-12-21/h1-2,4-5,7-12,15-16,34H,3,6,13-14,17-19H2,(H,33,36). The van der Waals surface area contributed by atoms with Gasteiger partial charge in [0.2, 0.25) is 5.91 Å². The number of Topliss-reactive ketones (excluding diaryl/α,β-unsaturated/α-hetero) is 1. The lowest BCUT2D eigenvalue weighted by Crippen LogP contribution is -2.41. The Kier molecular flexibility index (Phi) is 8.23. The van der Waals surface area contributed by atoms with Crippen LogP contribution in [0, 0.1) is 5.41 Å². The lowest BCUT2D eigenvalue weighted by Gasteiger charge is -2.26. The zero-order valence-corrected chi connectivity index (χ0v) is 20.2. The predicted molar refractivity (Wildman–Crippen MR) is 133 cm³/mol. The van der Waals surface area contributed by atoms with Crippen molar-refractivity contribution in [3.8, 4) is 0 Å². The van der Waals surface area contributed by atoms with Crippen molar-refractivity contribution in [2.75, 3.05) is 18.5 Å². The third kappa shape index (κ3) is 6.74. The molecule has 0 aliphatic carbocycles. The van der Waals surface area contributed by atoms with Crippen LogP contribution >= 0.6 is 0 Å². The Morgan fingerprint density at radius 2 is 1.73 bits per heavy atom. The maximum atomic E-state index is 13.2. The summed E-state index contributed by atoms with van der Waals surface area (Å²) < 4.78 is 45.3. The molecular weight excluding hydrogens is 483 g/mol. The molecule has 0 radical (unpaired) electrons. The van der Waals surface area contributed by atoms with Gasteiger partial charge in [0.05, 0.1) is 23.3 Å². The first kappa shape index (κ1) is 26.3. The van der Waals surface area contributed by atoms with Gasteiger partial charge in [0.25, 0.3) is 0 Å². The molecule has 37 heavy (non-hydrogen) atoms. The molecule has 2 N–H and O–H groups in total. The summed E-state index contributed by atoms with van der Waals surface area (Å²) in [4.78, 5) is 29.4. The first-order chi connectivity index (χ1) is 17.8. The number of aromatic nitrogens is 1. The molecule has 1 unspecified atom stereocenters. The van der Waals surface area contributed by atoms with Crippen LogP contribution in [-0.4, -0.2) is 29.9 Å². The van der Waals surface area contributed by atoms with Crippen molar-refractivity contribution in [2.45, 2.75) is 38.4 Å². The van der Waals surface area contributed by atoms with Crippen molar-refractivity contribution in [1.29, 1.82) is 0 Å². The SMILES string of the molecule is O=C(CCCC1(C(=O)NCc2ccc(Nc3ccccc3C(F)(F)F)cc2)CCOC1)c1ccncc1. The summed E-state index contributed by atoms with van der Waals surface area (Å²) in [5.74, 6) is -0.105. The lowest BCUT2D eigenvalue weighted by molar-refractivity contribution is -0.137. The Morgan fingerprint density at radius 3 is 2.41 bits per heavy atom. The number of alkyl halides is 3. The van der Waals surface area contributed by atoms with Gasteiger partial charge < -0.3 is 15.4 Å². The van der Waals surface area contributed by atoms with E-state index in [0.29, 0.717) is 50.1 Å². The van der Waals surface area contributed by atoms with E-state index in [2.05, 4.69) is 15.6 Å².